The molecular formula is C15H15FN2O2. The van der Waals surface area contributed by atoms with Gasteiger partial charge in [0.25, 0.3) is 0 Å². The summed E-state index contributed by atoms with van der Waals surface area (Å²) < 4.78 is 18.2. The van der Waals surface area contributed by atoms with E-state index in [0.717, 1.165) is 11.1 Å². The van der Waals surface area contributed by atoms with Gasteiger partial charge in [-0.3, -0.25) is 4.98 Å². The molecule has 0 spiro atoms. The van der Waals surface area contributed by atoms with Gasteiger partial charge in [-0.25, -0.2) is 9.18 Å². The van der Waals surface area contributed by atoms with E-state index in [4.69, 9.17) is 0 Å². The summed E-state index contributed by atoms with van der Waals surface area (Å²) in [5, 5.41) is 3.20. The van der Waals surface area contributed by atoms with Crippen LogP contribution in [-0.4, -0.2) is 18.1 Å². The van der Waals surface area contributed by atoms with E-state index in [1.54, 1.807) is 18.5 Å². The highest BCUT2D eigenvalue weighted by Gasteiger charge is 2.11. The van der Waals surface area contributed by atoms with Crippen LogP contribution in [0, 0.1) is 5.82 Å². The lowest BCUT2D eigenvalue weighted by Gasteiger charge is -2.07. The molecule has 20 heavy (non-hydrogen) atoms. The van der Waals surface area contributed by atoms with Gasteiger partial charge in [-0.1, -0.05) is 6.07 Å². The first kappa shape index (κ1) is 14.1. The number of carbonyl (C=O) groups is 1. The minimum atomic E-state index is -0.668. The van der Waals surface area contributed by atoms with Crippen molar-refractivity contribution in [1.82, 2.24) is 10.3 Å². The summed E-state index contributed by atoms with van der Waals surface area (Å²) in [6.07, 6.45) is 3.45. The first-order valence-corrected chi connectivity index (χ1v) is 6.17. The molecule has 0 saturated heterocycles. The van der Waals surface area contributed by atoms with Crippen molar-refractivity contribution in [2.75, 3.05) is 7.11 Å². The number of nitrogens with one attached hydrogen (secondary N) is 1. The summed E-state index contributed by atoms with van der Waals surface area (Å²) in [6.45, 7) is 1.18. The third kappa shape index (κ3) is 3.61. The summed E-state index contributed by atoms with van der Waals surface area (Å²) in [5.74, 6) is -1.24. The van der Waals surface area contributed by atoms with E-state index in [2.05, 4.69) is 15.0 Å². The van der Waals surface area contributed by atoms with Gasteiger partial charge in [0.15, 0.2) is 0 Å². The van der Waals surface area contributed by atoms with Gasteiger partial charge < -0.3 is 10.1 Å². The SMILES string of the molecule is COC(=O)c1ccc(CNCc2ccncc2)cc1F. The van der Waals surface area contributed by atoms with Crippen LogP contribution in [0.1, 0.15) is 21.5 Å². The number of hydrogen-bond donors (Lipinski definition) is 1. The maximum absolute atomic E-state index is 13.7. The molecule has 1 N–H and O–H groups in total. The Balaban J connectivity index is 1.94. The van der Waals surface area contributed by atoms with Gasteiger partial charge in [0.1, 0.15) is 5.82 Å². The van der Waals surface area contributed by atoms with E-state index in [1.165, 1.54) is 19.2 Å². The maximum Gasteiger partial charge on any atom is 0.340 e. The molecule has 0 radical (unpaired) electrons. The van der Waals surface area contributed by atoms with Crippen molar-refractivity contribution >= 4 is 5.97 Å². The number of benzene rings is 1. The summed E-state index contributed by atoms with van der Waals surface area (Å²) in [4.78, 5) is 15.2. The zero-order chi connectivity index (χ0) is 14.4. The third-order valence-electron chi connectivity index (χ3n) is 2.85. The Kier molecular flexibility index (Phi) is 4.79. The smallest absolute Gasteiger partial charge is 0.340 e. The Morgan fingerprint density at radius 1 is 1.20 bits per heavy atom. The lowest BCUT2D eigenvalue weighted by atomic mass is 10.1. The van der Waals surface area contributed by atoms with E-state index < -0.39 is 11.8 Å². The molecule has 0 fully saturated rings. The van der Waals surface area contributed by atoms with E-state index in [0.29, 0.717) is 13.1 Å². The Morgan fingerprint density at radius 3 is 2.55 bits per heavy atom. The van der Waals surface area contributed by atoms with Crippen LogP contribution in [0.25, 0.3) is 0 Å². The maximum atomic E-state index is 13.7. The minimum Gasteiger partial charge on any atom is -0.465 e. The number of ether oxygens (including phenoxy) is 1. The Labute approximate surface area is 116 Å². The number of rotatable bonds is 5. The fourth-order valence-corrected chi connectivity index (χ4v) is 1.80. The monoisotopic (exact) mass is 274 g/mol. The number of methoxy groups -OCH3 is 1. The van der Waals surface area contributed by atoms with Crippen molar-refractivity contribution in [2.45, 2.75) is 13.1 Å². The van der Waals surface area contributed by atoms with Gasteiger partial charge in [-0.05, 0) is 35.4 Å². The largest absolute Gasteiger partial charge is 0.465 e. The van der Waals surface area contributed by atoms with E-state index in [1.807, 2.05) is 12.1 Å². The molecule has 0 aliphatic heterocycles. The van der Waals surface area contributed by atoms with Crippen molar-refractivity contribution in [3.63, 3.8) is 0 Å². The van der Waals surface area contributed by atoms with Gasteiger partial charge in [-0.15, -0.1) is 0 Å². The summed E-state index contributed by atoms with van der Waals surface area (Å²) in [7, 11) is 1.23. The minimum absolute atomic E-state index is 0.0506. The molecule has 2 rings (SSSR count). The van der Waals surface area contributed by atoms with Gasteiger partial charge >= 0.3 is 5.97 Å². The van der Waals surface area contributed by atoms with Crippen LogP contribution >= 0.6 is 0 Å². The predicted molar refractivity (Wildman–Crippen MR) is 72.5 cm³/mol. The molecule has 5 heteroatoms. The van der Waals surface area contributed by atoms with Crippen molar-refractivity contribution in [2.24, 2.45) is 0 Å². The van der Waals surface area contributed by atoms with Crippen LogP contribution in [0.2, 0.25) is 0 Å². The highest BCUT2D eigenvalue weighted by molar-refractivity contribution is 5.89. The summed E-state index contributed by atoms with van der Waals surface area (Å²) in [5.41, 5.74) is 1.82. The molecule has 0 aliphatic rings. The average molecular weight is 274 g/mol. The standard InChI is InChI=1S/C15H15FN2O2/c1-20-15(19)13-3-2-12(8-14(13)16)10-18-9-11-4-6-17-7-5-11/h2-8,18H,9-10H2,1H3. The normalized spacial score (nSPS) is 10.3. The second kappa shape index (κ2) is 6.77. The second-order valence-corrected chi connectivity index (χ2v) is 4.26. The Hall–Kier alpha value is -2.27. The average Bonchev–Trinajstić information content (AvgIpc) is 2.48. The fourth-order valence-electron chi connectivity index (χ4n) is 1.80. The van der Waals surface area contributed by atoms with Crippen LogP contribution in [0.4, 0.5) is 4.39 Å². The highest BCUT2D eigenvalue weighted by Crippen LogP contribution is 2.11. The van der Waals surface area contributed by atoms with Gasteiger partial charge in [0, 0.05) is 25.5 Å². The van der Waals surface area contributed by atoms with Crippen LogP contribution in [-0.2, 0) is 17.8 Å². The molecule has 0 atom stereocenters. The predicted octanol–water partition coefficient (Wildman–Crippen LogP) is 2.30. The van der Waals surface area contributed by atoms with Crippen LogP contribution in [0.5, 0.6) is 0 Å². The van der Waals surface area contributed by atoms with Crippen molar-refractivity contribution in [3.05, 3.63) is 65.2 Å². The quantitative estimate of drug-likeness (QED) is 0.850. The molecule has 0 bridgehead atoms. The number of pyridine rings is 1. The van der Waals surface area contributed by atoms with Gasteiger partial charge in [0.2, 0.25) is 0 Å². The zero-order valence-corrected chi connectivity index (χ0v) is 11.1. The van der Waals surface area contributed by atoms with E-state index in [9.17, 15) is 9.18 Å². The van der Waals surface area contributed by atoms with Crippen molar-refractivity contribution in [1.29, 1.82) is 0 Å². The zero-order valence-electron chi connectivity index (χ0n) is 11.1. The Morgan fingerprint density at radius 2 is 1.90 bits per heavy atom. The van der Waals surface area contributed by atoms with Gasteiger partial charge in [0.05, 0.1) is 12.7 Å². The number of hydrogen-bond acceptors (Lipinski definition) is 4. The molecule has 2 aromatic rings. The molecule has 4 nitrogen and oxygen atoms in total. The second-order valence-electron chi connectivity index (χ2n) is 4.26. The van der Waals surface area contributed by atoms with Crippen LogP contribution in [0.3, 0.4) is 0 Å². The molecule has 0 aliphatic carbocycles. The lowest BCUT2D eigenvalue weighted by Crippen LogP contribution is -2.13. The first-order valence-electron chi connectivity index (χ1n) is 6.17. The molecule has 1 heterocycles. The summed E-state index contributed by atoms with van der Waals surface area (Å²) in [6, 6.07) is 8.30. The van der Waals surface area contributed by atoms with Crippen molar-refractivity contribution in [3.8, 4) is 0 Å². The first-order chi connectivity index (χ1) is 9.70. The number of esters is 1. The molecule has 0 unspecified atom stereocenters. The molecule has 104 valence electrons. The highest BCUT2D eigenvalue weighted by atomic mass is 19.1. The van der Waals surface area contributed by atoms with E-state index in [-0.39, 0.29) is 5.56 Å². The summed E-state index contributed by atoms with van der Waals surface area (Å²) >= 11 is 0. The Bertz CT molecular complexity index is 588. The molecule has 0 amide bonds. The number of nitrogens with zero attached hydrogens (tertiary/aromatic N) is 1. The molecule has 1 aromatic carbocycles. The topological polar surface area (TPSA) is 51.2 Å². The molecule has 0 saturated carbocycles. The van der Waals surface area contributed by atoms with Gasteiger partial charge in [-0.2, -0.15) is 0 Å². The molecule has 1 aromatic heterocycles. The number of carbonyl (C=O) groups excluding carboxylic acids is 1. The van der Waals surface area contributed by atoms with E-state index >= 15 is 0 Å². The third-order valence-corrected chi connectivity index (χ3v) is 2.85. The van der Waals surface area contributed by atoms with Crippen LogP contribution < -0.4 is 5.32 Å². The van der Waals surface area contributed by atoms with Crippen LogP contribution in [0.15, 0.2) is 42.7 Å². The molecular weight excluding hydrogens is 259 g/mol. The number of aromatic nitrogens is 1. The lowest BCUT2D eigenvalue weighted by molar-refractivity contribution is 0.0595. The van der Waals surface area contributed by atoms with Crippen molar-refractivity contribution < 1.29 is 13.9 Å². The number of halogens is 1. The fraction of sp³-hybridized carbons (Fsp3) is 0.200.